The molecule has 0 aliphatic heterocycles. The van der Waals surface area contributed by atoms with Gasteiger partial charge in [-0.25, -0.2) is 13.2 Å². The molecular formula is C18H21NO6S. The average Bonchev–Trinajstić information content (AvgIpc) is 2.63. The summed E-state index contributed by atoms with van der Waals surface area (Å²) in [7, 11) is -1.13. The van der Waals surface area contributed by atoms with E-state index in [1.165, 1.54) is 32.4 Å². The Labute approximate surface area is 152 Å². The molecule has 2 aromatic rings. The van der Waals surface area contributed by atoms with Gasteiger partial charge >= 0.3 is 5.97 Å². The van der Waals surface area contributed by atoms with Crippen molar-refractivity contribution in [3.8, 4) is 5.75 Å². The normalized spacial score (nSPS) is 11.0. The monoisotopic (exact) mass is 379 g/mol. The lowest BCUT2D eigenvalue weighted by molar-refractivity contribution is 0.0593. The van der Waals surface area contributed by atoms with E-state index in [9.17, 15) is 13.2 Å². The van der Waals surface area contributed by atoms with Crippen molar-refractivity contribution < 1.29 is 27.4 Å². The number of sulfonamides is 1. The fourth-order valence-corrected chi connectivity index (χ4v) is 3.23. The number of anilines is 1. The third kappa shape index (κ3) is 4.96. The first kappa shape index (κ1) is 19.7. The SMILES string of the molecule is COCCOc1ccc(S(=O)(=O)Nc2ccc(C)cc2)cc1C(=O)OC. The summed E-state index contributed by atoms with van der Waals surface area (Å²) in [4.78, 5) is 11.9. The standard InChI is InChI=1S/C18H21NO6S/c1-13-4-6-14(7-5-13)19-26(21,22)15-8-9-17(25-11-10-23-2)16(12-15)18(20)24-3/h4-9,12,19H,10-11H2,1-3H3. The van der Waals surface area contributed by atoms with Crippen LogP contribution < -0.4 is 9.46 Å². The number of nitrogens with one attached hydrogen (secondary N) is 1. The van der Waals surface area contributed by atoms with E-state index in [1.54, 1.807) is 24.3 Å². The summed E-state index contributed by atoms with van der Waals surface area (Å²) in [5.74, 6) is -0.465. The van der Waals surface area contributed by atoms with Gasteiger partial charge in [0.15, 0.2) is 0 Å². The third-order valence-corrected chi connectivity index (χ3v) is 4.89. The van der Waals surface area contributed by atoms with E-state index in [0.717, 1.165) is 5.56 Å². The van der Waals surface area contributed by atoms with Gasteiger partial charge in [0.05, 0.1) is 18.6 Å². The minimum atomic E-state index is -3.87. The van der Waals surface area contributed by atoms with E-state index in [4.69, 9.17) is 14.2 Å². The Hall–Kier alpha value is -2.58. The summed E-state index contributed by atoms with van der Waals surface area (Å²) < 4.78 is 42.7. The van der Waals surface area contributed by atoms with Crippen LogP contribution in [0.4, 0.5) is 5.69 Å². The molecule has 26 heavy (non-hydrogen) atoms. The molecule has 0 atom stereocenters. The zero-order valence-corrected chi connectivity index (χ0v) is 15.6. The van der Waals surface area contributed by atoms with Crippen LogP contribution in [0.1, 0.15) is 15.9 Å². The van der Waals surface area contributed by atoms with Gasteiger partial charge in [0, 0.05) is 12.8 Å². The van der Waals surface area contributed by atoms with Gasteiger partial charge in [-0.3, -0.25) is 4.72 Å². The first-order chi connectivity index (χ1) is 12.4. The van der Waals surface area contributed by atoms with Gasteiger partial charge in [0.1, 0.15) is 17.9 Å². The van der Waals surface area contributed by atoms with Crippen LogP contribution in [0.25, 0.3) is 0 Å². The van der Waals surface area contributed by atoms with Gasteiger partial charge in [0.2, 0.25) is 0 Å². The second-order valence-electron chi connectivity index (χ2n) is 5.46. The molecule has 2 rings (SSSR count). The molecule has 0 unspecified atom stereocenters. The molecule has 0 fully saturated rings. The highest BCUT2D eigenvalue weighted by Crippen LogP contribution is 2.25. The third-order valence-electron chi connectivity index (χ3n) is 3.52. The van der Waals surface area contributed by atoms with Crippen molar-refractivity contribution >= 4 is 21.7 Å². The molecule has 0 aromatic heterocycles. The average molecular weight is 379 g/mol. The van der Waals surface area contributed by atoms with Crippen molar-refractivity contribution in [3.05, 3.63) is 53.6 Å². The maximum atomic E-state index is 12.6. The van der Waals surface area contributed by atoms with Crippen LogP contribution in [0, 0.1) is 6.92 Å². The van der Waals surface area contributed by atoms with E-state index >= 15 is 0 Å². The first-order valence-electron chi connectivity index (χ1n) is 7.81. The predicted octanol–water partition coefficient (Wildman–Crippen LogP) is 2.61. The van der Waals surface area contributed by atoms with Gasteiger partial charge in [-0.15, -0.1) is 0 Å². The number of methoxy groups -OCH3 is 2. The lowest BCUT2D eigenvalue weighted by Gasteiger charge is -2.13. The molecule has 8 heteroatoms. The molecule has 0 radical (unpaired) electrons. The minimum Gasteiger partial charge on any atom is -0.490 e. The summed E-state index contributed by atoms with van der Waals surface area (Å²) in [6.45, 7) is 2.45. The summed E-state index contributed by atoms with van der Waals surface area (Å²) in [6, 6.07) is 10.9. The second-order valence-corrected chi connectivity index (χ2v) is 7.14. The fraction of sp³-hybridized carbons (Fsp3) is 0.278. The topological polar surface area (TPSA) is 90.9 Å². The Balaban J connectivity index is 2.32. The predicted molar refractivity (Wildman–Crippen MR) is 97.1 cm³/mol. The highest BCUT2D eigenvalue weighted by molar-refractivity contribution is 7.92. The van der Waals surface area contributed by atoms with Crippen LogP contribution in [-0.4, -0.2) is 41.8 Å². The van der Waals surface area contributed by atoms with Crippen molar-refractivity contribution in [1.29, 1.82) is 0 Å². The molecule has 0 heterocycles. The van der Waals surface area contributed by atoms with Crippen molar-refractivity contribution in [2.75, 3.05) is 32.2 Å². The van der Waals surface area contributed by atoms with Crippen LogP contribution >= 0.6 is 0 Å². The summed E-state index contributed by atoms with van der Waals surface area (Å²) in [5, 5.41) is 0. The van der Waals surface area contributed by atoms with E-state index in [2.05, 4.69) is 4.72 Å². The Bertz CT molecular complexity index is 862. The zero-order valence-electron chi connectivity index (χ0n) is 14.8. The van der Waals surface area contributed by atoms with Crippen molar-refractivity contribution in [2.45, 2.75) is 11.8 Å². The lowest BCUT2D eigenvalue weighted by Crippen LogP contribution is -2.15. The number of aryl methyl sites for hydroxylation is 1. The highest BCUT2D eigenvalue weighted by Gasteiger charge is 2.20. The Morgan fingerprint density at radius 1 is 1.04 bits per heavy atom. The number of ether oxygens (including phenoxy) is 3. The van der Waals surface area contributed by atoms with E-state index in [-0.39, 0.29) is 22.8 Å². The maximum Gasteiger partial charge on any atom is 0.341 e. The van der Waals surface area contributed by atoms with Gasteiger partial charge in [-0.2, -0.15) is 0 Å². The highest BCUT2D eigenvalue weighted by atomic mass is 32.2. The number of hydrogen-bond donors (Lipinski definition) is 1. The van der Waals surface area contributed by atoms with Crippen LogP contribution in [0.5, 0.6) is 5.75 Å². The molecule has 7 nitrogen and oxygen atoms in total. The number of benzene rings is 2. The van der Waals surface area contributed by atoms with E-state index in [1.807, 2.05) is 6.92 Å². The minimum absolute atomic E-state index is 0.0235. The molecule has 0 saturated carbocycles. The molecule has 0 spiro atoms. The number of carbonyl (C=O) groups is 1. The van der Waals surface area contributed by atoms with Crippen LogP contribution in [-0.2, 0) is 19.5 Å². The van der Waals surface area contributed by atoms with Gasteiger partial charge in [-0.05, 0) is 37.3 Å². The van der Waals surface area contributed by atoms with Crippen LogP contribution in [0.2, 0.25) is 0 Å². The largest absolute Gasteiger partial charge is 0.490 e. The number of carbonyl (C=O) groups excluding carboxylic acids is 1. The summed E-state index contributed by atoms with van der Waals surface area (Å²) in [5.41, 5.74) is 1.46. The molecule has 0 aliphatic rings. The van der Waals surface area contributed by atoms with Gasteiger partial charge in [-0.1, -0.05) is 17.7 Å². The molecule has 0 amide bonds. The number of hydrogen-bond acceptors (Lipinski definition) is 6. The summed E-state index contributed by atoms with van der Waals surface area (Å²) >= 11 is 0. The second kappa shape index (κ2) is 8.68. The van der Waals surface area contributed by atoms with Crippen LogP contribution in [0.3, 0.4) is 0 Å². The van der Waals surface area contributed by atoms with Crippen molar-refractivity contribution in [3.63, 3.8) is 0 Å². The number of rotatable bonds is 8. The van der Waals surface area contributed by atoms with Crippen molar-refractivity contribution in [2.24, 2.45) is 0 Å². The van der Waals surface area contributed by atoms with E-state index in [0.29, 0.717) is 12.3 Å². The fourth-order valence-electron chi connectivity index (χ4n) is 2.14. The Kier molecular flexibility index (Phi) is 6.59. The molecule has 0 bridgehead atoms. The molecule has 0 aliphatic carbocycles. The van der Waals surface area contributed by atoms with Gasteiger partial charge in [0.25, 0.3) is 10.0 Å². The first-order valence-corrected chi connectivity index (χ1v) is 9.29. The molecule has 2 aromatic carbocycles. The molecule has 140 valence electrons. The van der Waals surface area contributed by atoms with Gasteiger partial charge < -0.3 is 14.2 Å². The van der Waals surface area contributed by atoms with Crippen molar-refractivity contribution in [1.82, 2.24) is 0 Å². The molecular weight excluding hydrogens is 358 g/mol. The van der Waals surface area contributed by atoms with E-state index < -0.39 is 16.0 Å². The maximum absolute atomic E-state index is 12.6. The molecule has 0 saturated heterocycles. The Morgan fingerprint density at radius 2 is 1.73 bits per heavy atom. The zero-order chi connectivity index (χ0) is 19.2. The number of esters is 1. The molecule has 1 N–H and O–H groups in total. The van der Waals surface area contributed by atoms with Crippen LogP contribution in [0.15, 0.2) is 47.4 Å². The smallest absolute Gasteiger partial charge is 0.341 e. The Morgan fingerprint density at radius 3 is 2.35 bits per heavy atom. The lowest BCUT2D eigenvalue weighted by atomic mass is 10.2. The summed E-state index contributed by atoms with van der Waals surface area (Å²) in [6.07, 6.45) is 0. The quantitative estimate of drug-likeness (QED) is 0.560.